The Morgan fingerprint density at radius 1 is 1.47 bits per heavy atom. The fourth-order valence-electron chi connectivity index (χ4n) is 1.93. The van der Waals surface area contributed by atoms with Crippen molar-refractivity contribution in [2.24, 2.45) is 5.73 Å². The third-order valence-electron chi connectivity index (χ3n) is 3.39. The first-order valence-corrected chi connectivity index (χ1v) is 5.70. The minimum atomic E-state index is -0.0494. The molecule has 0 aliphatic heterocycles. The van der Waals surface area contributed by atoms with Crippen molar-refractivity contribution < 1.29 is 4.52 Å². The Balaban J connectivity index is 1.99. The summed E-state index contributed by atoms with van der Waals surface area (Å²) in [4.78, 5) is 8.51. The number of nitrogens with zero attached hydrogens (tertiary/aromatic N) is 3. The van der Waals surface area contributed by atoms with Crippen LogP contribution in [0.15, 0.2) is 23.0 Å². The van der Waals surface area contributed by atoms with Crippen LogP contribution in [0, 0.1) is 6.92 Å². The summed E-state index contributed by atoms with van der Waals surface area (Å²) in [6.07, 6.45) is 5.61. The Morgan fingerprint density at radius 3 is 2.94 bits per heavy atom. The molecule has 2 aromatic heterocycles. The summed E-state index contributed by atoms with van der Waals surface area (Å²) in [5, 5.41) is 4.03. The van der Waals surface area contributed by atoms with Gasteiger partial charge < -0.3 is 10.3 Å². The fourth-order valence-corrected chi connectivity index (χ4v) is 1.93. The van der Waals surface area contributed by atoms with E-state index in [1.807, 2.05) is 13.0 Å². The first-order chi connectivity index (χ1) is 8.25. The number of hydrogen-bond acceptors (Lipinski definition) is 5. The van der Waals surface area contributed by atoms with Gasteiger partial charge in [0.2, 0.25) is 11.7 Å². The average molecular weight is 230 g/mol. The quantitative estimate of drug-likeness (QED) is 0.863. The van der Waals surface area contributed by atoms with Crippen molar-refractivity contribution in [3.05, 3.63) is 29.9 Å². The first kappa shape index (κ1) is 10.4. The van der Waals surface area contributed by atoms with Crippen LogP contribution in [-0.4, -0.2) is 21.7 Å². The zero-order chi connectivity index (χ0) is 11.9. The van der Waals surface area contributed by atoms with Gasteiger partial charge in [0.05, 0.1) is 5.41 Å². The van der Waals surface area contributed by atoms with Gasteiger partial charge in [0.25, 0.3) is 0 Å². The largest absolute Gasteiger partial charge is 0.338 e. The minimum Gasteiger partial charge on any atom is -0.338 e. The van der Waals surface area contributed by atoms with Gasteiger partial charge in [0.15, 0.2) is 0 Å². The molecule has 17 heavy (non-hydrogen) atoms. The number of pyridine rings is 1. The predicted octanol–water partition coefficient (Wildman–Crippen LogP) is 1.43. The maximum Gasteiger partial charge on any atom is 0.234 e. The van der Waals surface area contributed by atoms with Crippen molar-refractivity contribution in [2.45, 2.75) is 25.2 Å². The zero-order valence-corrected chi connectivity index (χ0v) is 9.68. The highest BCUT2D eigenvalue weighted by atomic mass is 16.5. The van der Waals surface area contributed by atoms with E-state index in [1.54, 1.807) is 12.4 Å². The van der Waals surface area contributed by atoms with E-state index < -0.39 is 0 Å². The molecule has 2 aromatic rings. The molecule has 0 spiro atoms. The summed E-state index contributed by atoms with van der Waals surface area (Å²) >= 11 is 0. The molecule has 5 heteroatoms. The number of aromatic nitrogens is 3. The summed E-state index contributed by atoms with van der Waals surface area (Å²) in [6.45, 7) is 2.55. The second-order valence-corrected chi connectivity index (χ2v) is 4.60. The minimum absolute atomic E-state index is 0.0494. The molecule has 88 valence electrons. The van der Waals surface area contributed by atoms with Crippen molar-refractivity contribution >= 4 is 0 Å². The van der Waals surface area contributed by atoms with E-state index in [4.69, 9.17) is 10.3 Å². The summed E-state index contributed by atoms with van der Waals surface area (Å²) in [5.41, 5.74) is 7.69. The third kappa shape index (κ3) is 1.63. The Hall–Kier alpha value is -1.75. The molecule has 2 heterocycles. The molecule has 0 unspecified atom stereocenters. The van der Waals surface area contributed by atoms with Gasteiger partial charge in [-0.15, -0.1) is 0 Å². The van der Waals surface area contributed by atoms with Crippen molar-refractivity contribution in [3.63, 3.8) is 0 Å². The van der Waals surface area contributed by atoms with Crippen LogP contribution in [0.4, 0.5) is 0 Å². The van der Waals surface area contributed by atoms with E-state index in [0.717, 1.165) is 24.0 Å². The lowest BCUT2D eigenvalue weighted by Crippen LogP contribution is -2.19. The van der Waals surface area contributed by atoms with E-state index in [0.29, 0.717) is 18.3 Å². The Bertz CT molecular complexity index is 545. The number of rotatable bonds is 3. The summed E-state index contributed by atoms with van der Waals surface area (Å²) < 4.78 is 5.33. The molecule has 0 radical (unpaired) electrons. The molecule has 1 aliphatic carbocycles. The van der Waals surface area contributed by atoms with Gasteiger partial charge in [0.1, 0.15) is 0 Å². The van der Waals surface area contributed by atoms with Gasteiger partial charge in [-0.05, 0) is 31.4 Å². The highest BCUT2D eigenvalue weighted by Crippen LogP contribution is 2.46. The normalized spacial score (nSPS) is 17.1. The standard InChI is InChI=1S/C12H14N4O/c1-8-6-14-5-2-9(8)10-15-11(17-16-10)12(7-13)3-4-12/h2,5-6H,3-4,7,13H2,1H3. The lowest BCUT2D eigenvalue weighted by Gasteiger charge is -2.03. The smallest absolute Gasteiger partial charge is 0.234 e. The van der Waals surface area contributed by atoms with E-state index in [9.17, 15) is 0 Å². The summed E-state index contributed by atoms with van der Waals surface area (Å²) in [6, 6.07) is 1.89. The molecule has 5 nitrogen and oxygen atoms in total. The number of aryl methyl sites for hydroxylation is 1. The van der Waals surface area contributed by atoms with Gasteiger partial charge in [-0.1, -0.05) is 5.16 Å². The Morgan fingerprint density at radius 2 is 2.29 bits per heavy atom. The third-order valence-corrected chi connectivity index (χ3v) is 3.39. The molecule has 1 fully saturated rings. The van der Waals surface area contributed by atoms with Gasteiger partial charge in [-0.25, -0.2) is 0 Å². The van der Waals surface area contributed by atoms with Crippen LogP contribution in [0.5, 0.6) is 0 Å². The molecular formula is C12H14N4O. The Labute approximate surface area is 99.1 Å². The van der Waals surface area contributed by atoms with E-state index >= 15 is 0 Å². The SMILES string of the molecule is Cc1cnccc1-c1noc(C2(CN)CC2)n1. The van der Waals surface area contributed by atoms with Crippen molar-refractivity contribution in [1.82, 2.24) is 15.1 Å². The van der Waals surface area contributed by atoms with Crippen LogP contribution in [0.3, 0.4) is 0 Å². The molecule has 0 atom stereocenters. The molecule has 0 bridgehead atoms. The number of nitrogens with two attached hydrogens (primary N) is 1. The first-order valence-electron chi connectivity index (χ1n) is 5.70. The second kappa shape index (κ2) is 3.63. The zero-order valence-electron chi connectivity index (χ0n) is 9.68. The predicted molar refractivity (Wildman–Crippen MR) is 62.2 cm³/mol. The van der Waals surface area contributed by atoms with Crippen LogP contribution in [0.1, 0.15) is 24.3 Å². The molecule has 1 saturated carbocycles. The molecule has 3 rings (SSSR count). The van der Waals surface area contributed by atoms with Crippen LogP contribution < -0.4 is 5.73 Å². The van der Waals surface area contributed by atoms with Crippen molar-refractivity contribution in [1.29, 1.82) is 0 Å². The molecule has 2 N–H and O–H groups in total. The molecule has 1 aliphatic rings. The summed E-state index contributed by atoms with van der Waals surface area (Å²) in [5.74, 6) is 1.30. The Kier molecular flexibility index (Phi) is 2.22. The summed E-state index contributed by atoms with van der Waals surface area (Å²) in [7, 11) is 0. The van der Waals surface area contributed by atoms with Gasteiger partial charge >= 0.3 is 0 Å². The lowest BCUT2D eigenvalue weighted by molar-refractivity contribution is 0.347. The second-order valence-electron chi connectivity index (χ2n) is 4.60. The van der Waals surface area contributed by atoms with Crippen LogP contribution in [0.25, 0.3) is 11.4 Å². The van der Waals surface area contributed by atoms with Crippen molar-refractivity contribution in [2.75, 3.05) is 6.54 Å². The van der Waals surface area contributed by atoms with Gasteiger partial charge in [-0.2, -0.15) is 4.98 Å². The average Bonchev–Trinajstić information content (AvgIpc) is 3.00. The molecule has 0 saturated heterocycles. The van der Waals surface area contributed by atoms with Gasteiger partial charge in [0, 0.05) is 24.5 Å². The van der Waals surface area contributed by atoms with Gasteiger partial charge in [-0.3, -0.25) is 4.98 Å². The molecular weight excluding hydrogens is 216 g/mol. The van der Waals surface area contributed by atoms with Crippen LogP contribution in [0.2, 0.25) is 0 Å². The van der Waals surface area contributed by atoms with E-state index in [-0.39, 0.29) is 5.41 Å². The highest BCUT2D eigenvalue weighted by Gasteiger charge is 2.48. The van der Waals surface area contributed by atoms with E-state index in [2.05, 4.69) is 15.1 Å². The maximum atomic E-state index is 5.74. The van der Waals surface area contributed by atoms with Crippen LogP contribution in [-0.2, 0) is 5.41 Å². The van der Waals surface area contributed by atoms with E-state index in [1.165, 1.54) is 0 Å². The lowest BCUT2D eigenvalue weighted by atomic mass is 10.1. The topological polar surface area (TPSA) is 77.8 Å². The molecule has 0 aromatic carbocycles. The van der Waals surface area contributed by atoms with Crippen molar-refractivity contribution in [3.8, 4) is 11.4 Å². The number of hydrogen-bond donors (Lipinski definition) is 1. The highest BCUT2D eigenvalue weighted by molar-refractivity contribution is 5.58. The fraction of sp³-hybridized carbons (Fsp3) is 0.417. The monoisotopic (exact) mass is 230 g/mol. The van der Waals surface area contributed by atoms with Crippen LogP contribution >= 0.6 is 0 Å². The maximum absolute atomic E-state index is 5.74. The molecule has 0 amide bonds.